The highest BCUT2D eigenvalue weighted by molar-refractivity contribution is 5.69. The first-order chi connectivity index (χ1) is 4.74. The molecule has 0 radical (unpaired) electrons. The van der Waals surface area contributed by atoms with E-state index in [4.69, 9.17) is 4.74 Å². The molecule has 58 valence electrons. The summed E-state index contributed by atoms with van der Waals surface area (Å²) in [4.78, 5) is 10.7. The summed E-state index contributed by atoms with van der Waals surface area (Å²) in [6, 6.07) is 0. The molecule has 0 N–H and O–H groups in total. The van der Waals surface area contributed by atoms with Gasteiger partial charge >= 0.3 is 5.97 Å². The Labute approximate surface area is 61.6 Å². The SMILES string of the molecule is CCC(=O)OC1CCC1C. The lowest BCUT2D eigenvalue weighted by atomic mass is 9.83. The van der Waals surface area contributed by atoms with Gasteiger partial charge in [-0.05, 0) is 18.8 Å². The first-order valence-electron chi connectivity index (χ1n) is 3.93. The molecule has 1 rings (SSSR count). The van der Waals surface area contributed by atoms with Crippen molar-refractivity contribution < 1.29 is 9.53 Å². The van der Waals surface area contributed by atoms with Gasteiger partial charge in [0.15, 0.2) is 0 Å². The third kappa shape index (κ3) is 1.49. The van der Waals surface area contributed by atoms with E-state index in [-0.39, 0.29) is 12.1 Å². The van der Waals surface area contributed by atoms with Crippen LogP contribution in [0.3, 0.4) is 0 Å². The number of esters is 1. The Morgan fingerprint density at radius 2 is 2.30 bits per heavy atom. The number of carbonyl (C=O) groups is 1. The van der Waals surface area contributed by atoms with Gasteiger partial charge in [0, 0.05) is 6.42 Å². The Morgan fingerprint density at radius 1 is 1.60 bits per heavy atom. The van der Waals surface area contributed by atoms with E-state index in [2.05, 4.69) is 6.92 Å². The quantitative estimate of drug-likeness (QED) is 0.549. The molecule has 0 aromatic heterocycles. The molecule has 0 aromatic carbocycles. The monoisotopic (exact) mass is 142 g/mol. The van der Waals surface area contributed by atoms with Crippen LogP contribution in [-0.4, -0.2) is 12.1 Å². The number of hydrogen-bond donors (Lipinski definition) is 0. The highest BCUT2D eigenvalue weighted by atomic mass is 16.5. The Balaban J connectivity index is 2.19. The second kappa shape index (κ2) is 3.04. The van der Waals surface area contributed by atoms with Crippen LogP contribution in [0.25, 0.3) is 0 Å². The number of rotatable bonds is 2. The summed E-state index contributed by atoms with van der Waals surface area (Å²) in [5.41, 5.74) is 0. The molecule has 1 fully saturated rings. The predicted molar refractivity (Wildman–Crippen MR) is 38.6 cm³/mol. The molecular formula is C8H14O2. The van der Waals surface area contributed by atoms with Crippen LogP contribution in [0, 0.1) is 5.92 Å². The third-order valence-corrected chi connectivity index (χ3v) is 2.11. The van der Waals surface area contributed by atoms with Crippen molar-refractivity contribution in [3.05, 3.63) is 0 Å². The number of carbonyl (C=O) groups excluding carboxylic acids is 1. The van der Waals surface area contributed by atoms with Crippen LogP contribution >= 0.6 is 0 Å². The molecule has 2 nitrogen and oxygen atoms in total. The maximum atomic E-state index is 10.7. The standard InChI is InChI=1S/C8H14O2/c1-3-8(9)10-7-5-4-6(7)2/h6-7H,3-5H2,1-2H3. The van der Waals surface area contributed by atoms with Crippen LogP contribution in [0.2, 0.25) is 0 Å². The zero-order chi connectivity index (χ0) is 7.56. The van der Waals surface area contributed by atoms with Gasteiger partial charge in [0.2, 0.25) is 0 Å². The van der Waals surface area contributed by atoms with Crippen LogP contribution in [0.1, 0.15) is 33.1 Å². The average Bonchev–Trinajstić information content (AvgIpc) is 1.96. The van der Waals surface area contributed by atoms with E-state index in [0.29, 0.717) is 12.3 Å². The molecule has 0 aromatic rings. The second-order valence-corrected chi connectivity index (χ2v) is 2.94. The van der Waals surface area contributed by atoms with Gasteiger partial charge in [-0.1, -0.05) is 13.8 Å². The van der Waals surface area contributed by atoms with Crippen LogP contribution in [0.15, 0.2) is 0 Å². The molecule has 2 heteroatoms. The fourth-order valence-corrected chi connectivity index (χ4v) is 1.06. The van der Waals surface area contributed by atoms with E-state index >= 15 is 0 Å². The van der Waals surface area contributed by atoms with Gasteiger partial charge in [0.05, 0.1) is 0 Å². The summed E-state index contributed by atoms with van der Waals surface area (Å²) in [7, 11) is 0. The van der Waals surface area contributed by atoms with Gasteiger partial charge in [0.1, 0.15) is 6.10 Å². The highest BCUT2D eigenvalue weighted by Crippen LogP contribution is 2.29. The predicted octanol–water partition coefficient (Wildman–Crippen LogP) is 1.74. The van der Waals surface area contributed by atoms with E-state index in [1.807, 2.05) is 6.92 Å². The Morgan fingerprint density at radius 3 is 2.60 bits per heavy atom. The molecule has 1 saturated carbocycles. The third-order valence-electron chi connectivity index (χ3n) is 2.11. The van der Waals surface area contributed by atoms with E-state index in [9.17, 15) is 4.79 Å². The first kappa shape index (κ1) is 7.58. The van der Waals surface area contributed by atoms with Gasteiger partial charge in [-0.15, -0.1) is 0 Å². The van der Waals surface area contributed by atoms with Crippen molar-refractivity contribution in [2.24, 2.45) is 5.92 Å². The Bertz CT molecular complexity index is 131. The minimum atomic E-state index is -0.0587. The largest absolute Gasteiger partial charge is 0.462 e. The normalized spacial score (nSPS) is 31.0. The minimum Gasteiger partial charge on any atom is -0.462 e. The van der Waals surface area contributed by atoms with Crippen molar-refractivity contribution in [1.29, 1.82) is 0 Å². The van der Waals surface area contributed by atoms with Crippen LogP contribution in [0.5, 0.6) is 0 Å². The molecule has 1 aliphatic rings. The molecule has 10 heavy (non-hydrogen) atoms. The molecule has 0 amide bonds. The topological polar surface area (TPSA) is 26.3 Å². The lowest BCUT2D eigenvalue weighted by Crippen LogP contribution is -2.33. The molecule has 0 heterocycles. The van der Waals surface area contributed by atoms with Crippen molar-refractivity contribution in [2.45, 2.75) is 39.2 Å². The molecule has 0 bridgehead atoms. The fourth-order valence-electron chi connectivity index (χ4n) is 1.06. The van der Waals surface area contributed by atoms with Gasteiger partial charge in [-0.2, -0.15) is 0 Å². The molecular weight excluding hydrogens is 128 g/mol. The maximum absolute atomic E-state index is 10.7. The zero-order valence-corrected chi connectivity index (χ0v) is 6.59. The molecule has 0 aliphatic heterocycles. The van der Waals surface area contributed by atoms with Crippen molar-refractivity contribution in [1.82, 2.24) is 0 Å². The Hall–Kier alpha value is -0.530. The van der Waals surface area contributed by atoms with Crippen molar-refractivity contribution >= 4 is 5.97 Å². The van der Waals surface area contributed by atoms with E-state index in [1.165, 1.54) is 6.42 Å². The average molecular weight is 142 g/mol. The first-order valence-corrected chi connectivity index (χ1v) is 3.93. The second-order valence-electron chi connectivity index (χ2n) is 2.94. The summed E-state index contributed by atoms with van der Waals surface area (Å²) in [6.07, 6.45) is 3.00. The fraction of sp³-hybridized carbons (Fsp3) is 0.875. The number of hydrogen-bond acceptors (Lipinski definition) is 2. The van der Waals surface area contributed by atoms with Crippen molar-refractivity contribution in [2.75, 3.05) is 0 Å². The van der Waals surface area contributed by atoms with Crippen molar-refractivity contribution in [3.63, 3.8) is 0 Å². The summed E-state index contributed by atoms with van der Waals surface area (Å²) in [6.45, 7) is 3.95. The van der Waals surface area contributed by atoms with Gasteiger partial charge < -0.3 is 4.74 Å². The van der Waals surface area contributed by atoms with Crippen LogP contribution < -0.4 is 0 Å². The van der Waals surface area contributed by atoms with Gasteiger partial charge in [-0.25, -0.2) is 0 Å². The molecule has 2 atom stereocenters. The molecule has 0 spiro atoms. The summed E-state index contributed by atoms with van der Waals surface area (Å²) in [5.74, 6) is 0.534. The summed E-state index contributed by atoms with van der Waals surface area (Å²) >= 11 is 0. The molecule has 1 aliphatic carbocycles. The summed E-state index contributed by atoms with van der Waals surface area (Å²) in [5, 5.41) is 0. The van der Waals surface area contributed by atoms with Gasteiger partial charge in [0.25, 0.3) is 0 Å². The lowest BCUT2D eigenvalue weighted by molar-refractivity contribution is -0.156. The van der Waals surface area contributed by atoms with Crippen LogP contribution in [-0.2, 0) is 9.53 Å². The molecule has 0 saturated heterocycles. The lowest BCUT2D eigenvalue weighted by Gasteiger charge is -2.32. The smallest absolute Gasteiger partial charge is 0.305 e. The van der Waals surface area contributed by atoms with Crippen molar-refractivity contribution in [3.8, 4) is 0 Å². The zero-order valence-electron chi connectivity index (χ0n) is 6.59. The maximum Gasteiger partial charge on any atom is 0.305 e. The van der Waals surface area contributed by atoms with Gasteiger partial charge in [-0.3, -0.25) is 4.79 Å². The Kier molecular flexibility index (Phi) is 2.30. The summed E-state index contributed by atoms with van der Waals surface area (Å²) < 4.78 is 5.11. The van der Waals surface area contributed by atoms with E-state index in [0.717, 1.165) is 6.42 Å². The van der Waals surface area contributed by atoms with E-state index in [1.54, 1.807) is 0 Å². The highest BCUT2D eigenvalue weighted by Gasteiger charge is 2.29. The number of ether oxygens (including phenoxy) is 1. The minimum absolute atomic E-state index is 0.0587. The molecule has 2 unspecified atom stereocenters. The van der Waals surface area contributed by atoms with Crippen LogP contribution in [0.4, 0.5) is 0 Å². The van der Waals surface area contributed by atoms with E-state index < -0.39 is 0 Å².